The average molecular weight is 276 g/mol. The van der Waals surface area contributed by atoms with Gasteiger partial charge in [0.05, 0.1) is 0 Å². The molecule has 1 amide bonds. The Morgan fingerprint density at radius 3 is 2.69 bits per heavy atom. The van der Waals surface area contributed by atoms with E-state index < -0.39 is 23.2 Å². The van der Waals surface area contributed by atoms with Crippen molar-refractivity contribution in [2.75, 3.05) is 0 Å². The molecule has 1 aromatic carbocycles. The van der Waals surface area contributed by atoms with Gasteiger partial charge in [0.15, 0.2) is 0 Å². The number of rotatable bonds is 2. The molecular formula is C10H11InNO. The second-order valence-corrected chi connectivity index (χ2v) is 7.70. The van der Waals surface area contributed by atoms with Gasteiger partial charge in [-0.3, -0.25) is 0 Å². The standard InChI is InChI=1S/C10H12NO.In/c1-2-10(12)11-8-9-6-4-3-5-7-9;/h3-7H,1-2,8H2,(H,11,12);/q;+1/p-1. The summed E-state index contributed by atoms with van der Waals surface area (Å²) in [7, 11) is 0. The molecule has 13 heavy (non-hydrogen) atoms. The molecule has 0 saturated carbocycles. The Labute approximate surface area is 89.7 Å². The van der Waals surface area contributed by atoms with Crippen LogP contribution in [0.15, 0.2) is 30.3 Å². The Morgan fingerprint density at radius 1 is 1.31 bits per heavy atom. The van der Waals surface area contributed by atoms with E-state index in [9.17, 15) is 4.79 Å². The van der Waals surface area contributed by atoms with Crippen molar-refractivity contribution in [3.63, 3.8) is 0 Å². The molecule has 3 heteroatoms. The number of benzene rings is 1. The minimum absolute atomic E-state index is 0.380. The van der Waals surface area contributed by atoms with E-state index in [2.05, 4.69) is 15.0 Å². The van der Waals surface area contributed by atoms with Gasteiger partial charge in [-0.25, -0.2) is 0 Å². The molecule has 1 heterocycles. The fraction of sp³-hybridized carbons (Fsp3) is 0.300. The SMILES string of the molecule is O=C1C[CH2][In][N]1Cc1ccccc1. The van der Waals surface area contributed by atoms with Crippen molar-refractivity contribution < 1.29 is 4.79 Å². The van der Waals surface area contributed by atoms with E-state index >= 15 is 0 Å². The zero-order valence-corrected chi connectivity index (χ0v) is 10.7. The van der Waals surface area contributed by atoms with Crippen LogP contribution in [0.4, 0.5) is 0 Å². The predicted octanol–water partition coefficient (Wildman–Crippen LogP) is 1.46. The van der Waals surface area contributed by atoms with Crippen LogP contribution in [-0.4, -0.2) is 32.0 Å². The van der Waals surface area contributed by atoms with Crippen molar-refractivity contribution in [1.29, 1.82) is 0 Å². The monoisotopic (exact) mass is 276 g/mol. The van der Waals surface area contributed by atoms with Crippen LogP contribution in [0.3, 0.4) is 0 Å². The Morgan fingerprint density at radius 2 is 2.08 bits per heavy atom. The summed E-state index contributed by atoms with van der Waals surface area (Å²) in [4.78, 5) is 11.4. The Bertz CT molecular complexity index is 299. The van der Waals surface area contributed by atoms with Gasteiger partial charge in [0, 0.05) is 0 Å². The van der Waals surface area contributed by atoms with E-state index in [1.54, 1.807) is 0 Å². The summed E-state index contributed by atoms with van der Waals surface area (Å²) in [6.07, 6.45) is 0.813. The fourth-order valence-corrected chi connectivity index (χ4v) is 5.40. The van der Waals surface area contributed by atoms with E-state index in [-0.39, 0.29) is 0 Å². The van der Waals surface area contributed by atoms with Gasteiger partial charge in [-0.1, -0.05) is 0 Å². The Kier molecular flexibility index (Phi) is 2.94. The van der Waals surface area contributed by atoms with E-state index in [1.165, 1.54) is 9.74 Å². The molecule has 1 fully saturated rings. The van der Waals surface area contributed by atoms with Crippen molar-refractivity contribution in [3.8, 4) is 0 Å². The molecule has 0 unspecified atom stereocenters. The van der Waals surface area contributed by atoms with Gasteiger partial charge < -0.3 is 0 Å². The number of hydrogen-bond donors (Lipinski definition) is 0. The number of hydrogen-bond acceptors (Lipinski definition) is 1. The summed E-state index contributed by atoms with van der Waals surface area (Å²) in [5.74, 6) is 0.380. The zero-order chi connectivity index (χ0) is 9.10. The third kappa shape index (κ3) is 2.27. The molecule has 1 radical (unpaired) electrons. The first kappa shape index (κ1) is 9.13. The van der Waals surface area contributed by atoms with Gasteiger partial charge in [-0.15, -0.1) is 0 Å². The number of carbonyl (C=O) groups is 1. The second-order valence-electron chi connectivity index (χ2n) is 3.23. The first-order valence-corrected chi connectivity index (χ1v) is 8.33. The molecule has 2 nitrogen and oxygen atoms in total. The Balaban J connectivity index is 2.02. The summed E-state index contributed by atoms with van der Waals surface area (Å²) in [5, 5.41) is 0. The molecule has 1 aliphatic rings. The molecule has 0 atom stereocenters. The van der Waals surface area contributed by atoms with Crippen molar-refractivity contribution >= 4 is 29.1 Å². The fourth-order valence-electron chi connectivity index (χ4n) is 1.52. The topological polar surface area (TPSA) is 20.3 Å². The summed E-state index contributed by atoms with van der Waals surface area (Å²) < 4.78 is 3.33. The summed E-state index contributed by atoms with van der Waals surface area (Å²) in [5.41, 5.74) is 1.27. The van der Waals surface area contributed by atoms with E-state index in [0.29, 0.717) is 5.91 Å². The van der Waals surface area contributed by atoms with Crippen molar-refractivity contribution in [1.82, 2.24) is 2.89 Å². The molecule has 1 aromatic rings. The van der Waals surface area contributed by atoms with Crippen molar-refractivity contribution in [2.45, 2.75) is 17.1 Å². The van der Waals surface area contributed by atoms with Crippen LogP contribution in [0.5, 0.6) is 0 Å². The first-order valence-electron chi connectivity index (χ1n) is 4.53. The summed E-state index contributed by atoms with van der Waals surface area (Å²) >= 11 is -0.683. The maximum absolute atomic E-state index is 11.4. The molecule has 2 rings (SSSR count). The van der Waals surface area contributed by atoms with Gasteiger partial charge in [0.1, 0.15) is 0 Å². The van der Waals surface area contributed by atoms with Crippen molar-refractivity contribution in [2.24, 2.45) is 0 Å². The van der Waals surface area contributed by atoms with Crippen molar-refractivity contribution in [3.05, 3.63) is 35.9 Å². The average Bonchev–Trinajstić information content (AvgIpc) is 2.54. The normalized spacial score (nSPS) is 16.0. The molecule has 0 N–H and O–H groups in total. The van der Waals surface area contributed by atoms with Gasteiger partial charge in [-0.2, -0.15) is 0 Å². The molecule has 0 bridgehead atoms. The van der Waals surface area contributed by atoms with Gasteiger partial charge in [0.2, 0.25) is 0 Å². The second kappa shape index (κ2) is 4.18. The molecule has 0 spiro atoms. The summed E-state index contributed by atoms with van der Waals surface area (Å²) in [6, 6.07) is 10.3. The van der Waals surface area contributed by atoms with Crippen LogP contribution in [0.1, 0.15) is 12.0 Å². The van der Waals surface area contributed by atoms with E-state index in [4.69, 9.17) is 0 Å². The molecule has 65 valence electrons. The van der Waals surface area contributed by atoms with Crippen LogP contribution in [-0.2, 0) is 11.3 Å². The minimum atomic E-state index is -0.683. The number of nitrogens with zero attached hydrogens (tertiary/aromatic N) is 1. The van der Waals surface area contributed by atoms with Gasteiger partial charge in [-0.05, 0) is 0 Å². The van der Waals surface area contributed by atoms with Crippen LogP contribution in [0.2, 0.25) is 4.18 Å². The molecule has 0 aliphatic carbocycles. The molecule has 1 aliphatic heterocycles. The number of amides is 1. The van der Waals surface area contributed by atoms with E-state index in [1.807, 2.05) is 18.2 Å². The van der Waals surface area contributed by atoms with Gasteiger partial charge >= 0.3 is 89.8 Å². The Hall–Kier alpha value is -0.440. The van der Waals surface area contributed by atoms with Crippen LogP contribution < -0.4 is 0 Å². The quantitative estimate of drug-likeness (QED) is 0.800. The van der Waals surface area contributed by atoms with E-state index in [0.717, 1.165) is 13.0 Å². The molecule has 0 aromatic heterocycles. The molecular weight excluding hydrogens is 265 g/mol. The zero-order valence-electron chi connectivity index (χ0n) is 7.44. The third-order valence-electron chi connectivity index (χ3n) is 2.22. The third-order valence-corrected chi connectivity index (χ3v) is 6.39. The number of carbonyl (C=O) groups excluding carboxylic acids is 1. The van der Waals surface area contributed by atoms with Crippen LogP contribution >= 0.6 is 0 Å². The maximum atomic E-state index is 11.4. The van der Waals surface area contributed by atoms with Crippen LogP contribution in [0, 0.1) is 0 Å². The molecule has 1 saturated heterocycles. The van der Waals surface area contributed by atoms with Gasteiger partial charge in [0.25, 0.3) is 0 Å². The predicted molar refractivity (Wildman–Crippen MR) is 52.2 cm³/mol. The first-order chi connectivity index (χ1) is 6.36. The summed E-state index contributed by atoms with van der Waals surface area (Å²) in [6.45, 7) is 0.862. The van der Waals surface area contributed by atoms with Crippen LogP contribution in [0.25, 0.3) is 0 Å².